The second kappa shape index (κ2) is 9.64. The molecule has 1 aliphatic carbocycles. The number of aliphatic carboxylic acids is 1. The van der Waals surface area contributed by atoms with E-state index in [0.717, 1.165) is 5.82 Å². The topological polar surface area (TPSA) is 103 Å². The molecule has 2 aromatic rings. The molecule has 0 spiro atoms. The van der Waals surface area contributed by atoms with Gasteiger partial charge in [-0.1, -0.05) is 30.4 Å². The fourth-order valence-corrected chi connectivity index (χ4v) is 4.23. The summed E-state index contributed by atoms with van der Waals surface area (Å²) in [6.45, 7) is 2.44. The van der Waals surface area contributed by atoms with Crippen molar-refractivity contribution in [1.29, 1.82) is 0 Å². The van der Waals surface area contributed by atoms with Gasteiger partial charge in [-0.05, 0) is 37.1 Å². The van der Waals surface area contributed by atoms with Crippen molar-refractivity contribution in [3.05, 3.63) is 66.4 Å². The van der Waals surface area contributed by atoms with Crippen molar-refractivity contribution >= 4 is 29.3 Å². The molecular formula is C24H26N4O4. The van der Waals surface area contributed by atoms with Crippen LogP contribution in [0.3, 0.4) is 0 Å². The van der Waals surface area contributed by atoms with Crippen LogP contribution in [0.1, 0.15) is 23.2 Å². The first-order valence-electron chi connectivity index (χ1n) is 10.8. The Morgan fingerprint density at radius 3 is 2.28 bits per heavy atom. The molecule has 2 heterocycles. The van der Waals surface area contributed by atoms with Gasteiger partial charge in [0.2, 0.25) is 5.91 Å². The maximum absolute atomic E-state index is 13.2. The van der Waals surface area contributed by atoms with Crippen LogP contribution < -0.4 is 10.2 Å². The lowest BCUT2D eigenvalue weighted by molar-refractivity contribution is -0.146. The second-order valence-corrected chi connectivity index (χ2v) is 8.00. The van der Waals surface area contributed by atoms with E-state index in [2.05, 4.69) is 15.2 Å². The lowest BCUT2D eigenvalue weighted by atomic mass is 9.82. The second-order valence-electron chi connectivity index (χ2n) is 8.00. The number of para-hydroxylation sites is 1. The maximum atomic E-state index is 13.2. The number of hydrogen-bond acceptors (Lipinski definition) is 5. The number of rotatable bonds is 5. The molecule has 1 aromatic carbocycles. The largest absolute Gasteiger partial charge is 0.481 e. The van der Waals surface area contributed by atoms with Crippen LogP contribution in [0.4, 0.5) is 11.5 Å². The predicted molar refractivity (Wildman–Crippen MR) is 120 cm³/mol. The van der Waals surface area contributed by atoms with Gasteiger partial charge in [0, 0.05) is 32.4 Å². The Hall–Kier alpha value is -3.68. The number of nitrogens with zero attached hydrogens (tertiary/aromatic N) is 3. The van der Waals surface area contributed by atoms with Crippen molar-refractivity contribution in [1.82, 2.24) is 9.88 Å². The fraction of sp³-hybridized carbons (Fsp3) is 0.333. The number of allylic oxidation sites excluding steroid dienone is 2. The molecule has 2 atom stereocenters. The number of carboxylic acid groups (broad SMARTS) is 1. The highest BCUT2D eigenvalue weighted by Crippen LogP contribution is 2.28. The minimum Gasteiger partial charge on any atom is -0.481 e. The van der Waals surface area contributed by atoms with Crippen LogP contribution in [0.5, 0.6) is 0 Å². The Bertz CT molecular complexity index is 1020. The van der Waals surface area contributed by atoms with E-state index in [0.29, 0.717) is 50.3 Å². The third-order valence-electron chi connectivity index (χ3n) is 6.04. The average molecular weight is 434 g/mol. The number of hydrogen-bond donors (Lipinski definition) is 2. The summed E-state index contributed by atoms with van der Waals surface area (Å²) in [4.78, 5) is 45.9. The van der Waals surface area contributed by atoms with Crippen LogP contribution >= 0.6 is 0 Å². The van der Waals surface area contributed by atoms with Gasteiger partial charge in [0.1, 0.15) is 5.82 Å². The van der Waals surface area contributed by atoms with Gasteiger partial charge in [0.25, 0.3) is 5.91 Å². The molecule has 32 heavy (non-hydrogen) atoms. The van der Waals surface area contributed by atoms with Crippen LogP contribution in [-0.4, -0.2) is 59.0 Å². The number of nitrogens with one attached hydrogen (secondary N) is 1. The van der Waals surface area contributed by atoms with Crippen molar-refractivity contribution in [3.8, 4) is 0 Å². The zero-order valence-electron chi connectivity index (χ0n) is 17.7. The summed E-state index contributed by atoms with van der Waals surface area (Å²) in [6.07, 6.45) is 6.08. The van der Waals surface area contributed by atoms with Gasteiger partial charge in [0.05, 0.1) is 23.1 Å². The molecule has 8 heteroatoms. The minimum atomic E-state index is -0.982. The number of carboxylic acids is 1. The number of carbonyl (C=O) groups is 3. The number of aromatic nitrogens is 1. The van der Waals surface area contributed by atoms with Crippen LogP contribution in [0, 0.1) is 11.8 Å². The van der Waals surface area contributed by atoms with E-state index in [1.165, 1.54) is 0 Å². The third kappa shape index (κ3) is 4.64. The predicted octanol–water partition coefficient (Wildman–Crippen LogP) is 2.65. The number of amides is 2. The summed E-state index contributed by atoms with van der Waals surface area (Å²) >= 11 is 0. The molecule has 0 radical (unpaired) electrons. The van der Waals surface area contributed by atoms with Gasteiger partial charge in [-0.15, -0.1) is 0 Å². The molecule has 0 unspecified atom stereocenters. The Labute approximate surface area is 186 Å². The van der Waals surface area contributed by atoms with E-state index in [-0.39, 0.29) is 11.8 Å². The van der Waals surface area contributed by atoms with E-state index in [1.54, 1.807) is 41.4 Å². The van der Waals surface area contributed by atoms with Crippen LogP contribution in [-0.2, 0) is 9.59 Å². The normalized spacial score (nSPS) is 20.6. The summed E-state index contributed by atoms with van der Waals surface area (Å²) < 4.78 is 0. The van der Waals surface area contributed by atoms with Gasteiger partial charge in [-0.2, -0.15) is 0 Å². The molecule has 4 rings (SSSR count). The molecule has 1 saturated heterocycles. The third-order valence-corrected chi connectivity index (χ3v) is 6.04. The lowest BCUT2D eigenvalue weighted by Crippen LogP contribution is -2.49. The Balaban J connectivity index is 1.44. The Kier molecular flexibility index (Phi) is 6.49. The van der Waals surface area contributed by atoms with Gasteiger partial charge >= 0.3 is 5.97 Å². The first kappa shape index (κ1) is 21.5. The molecular weight excluding hydrogens is 408 g/mol. The first-order chi connectivity index (χ1) is 15.5. The maximum Gasteiger partial charge on any atom is 0.307 e. The molecule has 2 N–H and O–H groups in total. The van der Waals surface area contributed by atoms with Crippen molar-refractivity contribution in [2.45, 2.75) is 12.8 Å². The van der Waals surface area contributed by atoms with Gasteiger partial charge in [-0.25, -0.2) is 4.98 Å². The SMILES string of the molecule is O=C(Nc1ccccc1C(=O)N1CCN(c2ccccn2)CC1)[C@H]1CC=CC[C@H]1C(=O)O. The highest BCUT2D eigenvalue weighted by Gasteiger charge is 2.34. The molecule has 1 aromatic heterocycles. The van der Waals surface area contributed by atoms with Crippen LogP contribution in [0.15, 0.2) is 60.8 Å². The summed E-state index contributed by atoms with van der Waals surface area (Å²) in [5.41, 5.74) is 0.818. The van der Waals surface area contributed by atoms with Gasteiger partial charge in [-0.3, -0.25) is 14.4 Å². The van der Waals surface area contributed by atoms with Gasteiger partial charge < -0.3 is 20.2 Å². The fourth-order valence-electron chi connectivity index (χ4n) is 4.23. The van der Waals surface area contributed by atoms with E-state index in [4.69, 9.17) is 0 Å². The lowest BCUT2D eigenvalue weighted by Gasteiger charge is -2.35. The van der Waals surface area contributed by atoms with E-state index < -0.39 is 17.8 Å². The Morgan fingerprint density at radius 1 is 0.906 bits per heavy atom. The highest BCUT2D eigenvalue weighted by atomic mass is 16.4. The van der Waals surface area contributed by atoms with E-state index in [9.17, 15) is 19.5 Å². The number of anilines is 2. The first-order valence-corrected chi connectivity index (χ1v) is 10.8. The monoisotopic (exact) mass is 434 g/mol. The number of piperazine rings is 1. The Morgan fingerprint density at radius 2 is 1.59 bits per heavy atom. The zero-order chi connectivity index (χ0) is 22.5. The summed E-state index contributed by atoms with van der Waals surface area (Å²) in [6, 6.07) is 12.7. The van der Waals surface area contributed by atoms with Crippen molar-refractivity contribution in [3.63, 3.8) is 0 Å². The quantitative estimate of drug-likeness (QED) is 0.702. The summed E-state index contributed by atoms with van der Waals surface area (Å²) in [5.74, 6) is -2.04. The number of pyridine rings is 1. The molecule has 8 nitrogen and oxygen atoms in total. The van der Waals surface area contributed by atoms with Crippen LogP contribution in [0.25, 0.3) is 0 Å². The zero-order valence-corrected chi connectivity index (χ0v) is 17.7. The smallest absolute Gasteiger partial charge is 0.307 e. The number of carbonyl (C=O) groups excluding carboxylic acids is 2. The van der Waals surface area contributed by atoms with Crippen LogP contribution in [0.2, 0.25) is 0 Å². The minimum absolute atomic E-state index is 0.153. The summed E-state index contributed by atoms with van der Waals surface area (Å²) in [5, 5.41) is 12.3. The molecule has 1 fully saturated rings. The van der Waals surface area contributed by atoms with E-state index in [1.807, 2.05) is 24.3 Å². The average Bonchev–Trinajstić information content (AvgIpc) is 2.84. The van der Waals surface area contributed by atoms with Gasteiger partial charge in [0.15, 0.2) is 0 Å². The molecule has 0 bridgehead atoms. The summed E-state index contributed by atoms with van der Waals surface area (Å²) in [7, 11) is 0. The standard InChI is InChI=1S/C24H26N4O4/c29-22(17-7-1-2-8-18(17)24(31)32)26-20-10-4-3-9-19(20)23(30)28-15-13-27(14-16-28)21-11-5-6-12-25-21/h1-6,9-12,17-18H,7-8,13-16H2,(H,26,29)(H,31,32)/t17-,18+/m0/s1. The molecule has 2 aliphatic rings. The molecule has 1 aliphatic heterocycles. The van der Waals surface area contributed by atoms with Crippen molar-refractivity contribution in [2.24, 2.45) is 11.8 Å². The van der Waals surface area contributed by atoms with Crippen molar-refractivity contribution < 1.29 is 19.5 Å². The molecule has 166 valence electrons. The molecule has 2 amide bonds. The van der Waals surface area contributed by atoms with Crippen molar-refractivity contribution in [2.75, 3.05) is 36.4 Å². The highest BCUT2D eigenvalue weighted by molar-refractivity contribution is 6.04. The molecule has 0 saturated carbocycles. The number of benzene rings is 1. The van der Waals surface area contributed by atoms with E-state index >= 15 is 0 Å².